The molecule has 60 valence electrons. The third-order valence-electron chi connectivity index (χ3n) is 1.47. The number of benzene rings is 1. The molecule has 1 aromatic carbocycles. The summed E-state index contributed by atoms with van der Waals surface area (Å²) in [6, 6.07) is 3.58. The Balaban J connectivity index is 3.24. The molecule has 0 radical (unpaired) electrons. The van der Waals surface area contributed by atoms with E-state index < -0.39 is 0 Å². The molecule has 0 bridgehead atoms. The molecule has 0 fully saturated rings. The van der Waals surface area contributed by atoms with Gasteiger partial charge in [-0.25, -0.2) is 4.39 Å². The van der Waals surface area contributed by atoms with Crippen LogP contribution in [-0.2, 0) is 6.54 Å². The minimum Gasteiger partial charge on any atom is -0.326 e. The second-order valence-corrected chi connectivity index (χ2v) is 3.59. The molecule has 1 rings (SSSR count). The highest BCUT2D eigenvalue weighted by molar-refractivity contribution is 14.1. The molecular weight excluding hydrogens is 256 g/mol. The van der Waals surface area contributed by atoms with Crippen molar-refractivity contribution in [2.45, 2.75) is 13.5 Å². The van der Waals surface area contributed by atoms with Crippen LogP contribution in [-0.4, -0.2) is 0 Å². The lowest BCUT2D eigenvalue weighted by molar-refractivity contribution is 0.602. The molecule has 0 aliphatic carbocycles. The average molecular weight is 265 g/mol. The summed E-state index contributed by atoms with van der Waals surface area (Å²) >= 11 is 1.97. The first-order chi connectivity index (χ1) is 5.15. The summed E-state index contributed by atoms with van der Waals surface area (Å²) in [7, 11) is 0. The van der Waals surface area contributed by atoms with Crippen molar-refractivity contribution in [1.29, 1.82) is 0 Å². The van der Waals surface area contributed by atoms with Crippen LogP contribution < -0.4 is 5.73 Å². The van der Waals surface area contributed by atoms with E-state index in [2.05, 4.69) is 0 Å². The van der Waals surface area contributed by atoms with Crippen LogP contribution in [0.5, 0.6) is 0 Å². The fraction of sp³-hybridized carbons (Fsp3) is 0.250. The molecule has 0 heterocycles. The van der Waals surface area contributed by atoms with Gasteiger partial charge in [0.2, 0.25) is 0 Å². The zero-order valence-corrected chi connectivity index (χ0v) is 8.35. The zero-order valence-electron chi connectivity index (χ0n) is 6.20. The molecule has 0 aliphatic heterocycles. The van der Waals surface area contributed by atoms with E-state index in [1.165, 1.54) is 0 Å². The molecule has 0 spiro atoms. The molecule has 0 amide bonds. The van der Waals surface area contributed by atoms with Crippen molar-refractivity contribution < 1.29 is 4.39 Å². The van der Waals surface area contributed by atoms with Crippen LogP contribution in [0.1, 0.15) is 11.1 Å². The summed E-state index contributed by atoms with van der Waals surface area (Å²) in [5.74, 6) is -0.182. The van der Waals surface area contributed by atoms with E-state index >= 15 is 0 Å². The maximum Gasteiger partial charge on any atom is 0.141 e. The number of rotatable bonds is 1. The minimum absolute atomic E-state index is 0.182. The molecule has 1 aromatic rings. The summed E-state index contributed by atoms with van der Waals surface area (Å²) < 4.78 is 13.7. The van der Waals surface area contributed by atoms with Gasteiger partial charge in [0.05, 0.1) is 0 Å². The first-order valence-corrected chi connectivity index (χ1v) is 4.37. The number of hydrogen-bond donors (Lipinski definition) is 1. The van der Waals surface area contributed by atoms with E-state index in [0.717, 1.165) is 5.56 Å². The third kappa shape index (κ3) is 1.90. The molecule has 2 N–H and O–H groups in total. The highest BCUT2D eigenvalue weighted by Gasteiger charge is 2.04. The van der Waals surface area contributed by atoms with E-state index in [0.29, 0.717) is 9.13 Å². The Labute approximate surface area is 78.9 Å². The Morgan fingerprint density at radius 2 is 2.18 bits per heavy atom. The molecule has 11 heavy (non-hydrogen) atoms. The number of hydrogen-bond acceptors (Lipinski definition) is 1. The van der Waals surface area contributed by atoms with Gasteiger partial charge in [-0.15, -0.1) is 0 Å². The predicted molar refractivity (Wildman–Crippen MR) is 51.7 cm³/mol. The first-order valence-electron chi connectivity index (χ1n) is 3.29. The lowest BCUT2D eigenvalue weighted by Gasteiger charge is -2.02. The fourth-order valence-corrected chi connectivity index (χ4v) is 1.78. The monoisotopic (exact) mass is 265 g/mol. The first kappa shape index (κ1) is 8.93. The third-order valence-corrected chi connectivity index (χ3v) is 2.25. The SMILES string of the molecule is Cc1cc(I)c(F)c(CN)c1. The maximum atomic E-state index is 13.1. The van der Waals surface area contributed by atoms with Crippen molar-refractivity contribution in [3.63, 3.8) is 0 Å². The molecular formula is C8H9FIN. The van der Waals surface area contributed by atoms with Gasteiger partial charge in [0, 0.05) is 15.7 Å². The number of nitrogens with two attached hydrogens (primary N) is 1. The van der Waals surface area contributed by atoms with Crippen LogP contribution in [0.3, 0.4) is 0 Å². The summed E-state index contributed by atoms with van der Waals surface area (Å²) in [5, 5.41) is 0. The second kappa shape index (κ2) is 3.49. The van der Waals surface area contributed by atoms with Gasteiger partial charge < -0.3 is 5.73 Å². The minimum atomic E-state index is -0.182. The van der Waals surface area contributed by atoms with Crippen LogP contribution in [0.4, 0.5) is 4.39 Å². The van der Waals surface area contributed by atoms with Crippen molar-refractivity contribution in [2.24, 2.45) is 5.73 Å². The van der Waals surface area contributed by atoms with Crippen molar-refractivity contribution in [3.8, 4) is 0 Å². The Morgan fingerprint density at radius 3 is 2.73 bits per heavy atom. The van der Waals surface area contributed by atoms with Gasteiger partial charge in [-0.2, -0.15) is 0 Å². The van der Waals surface area contributed by atoms with Crippen LogP contribution in [0.25, 0.3) is 0 Å². The molecule has 1 nitrogen and oxygen atoms in total. The van der Waals surface area contributed by atoms with Crippen LogP contribution in [0, 0.1) is 16.3 Å². The van der Waals surface area contributed by atoms with Crippen molar-refractivity contribution >= 4 is 22.6 Å². The van der Waals surface area contributed by atoms with Crippen molar-refractivity contribution in [3.05, 3.63) is 32.6 Å². The van der Waals surface area contributed by atoms with Gasteiger partial charge in [-0.3, -0.25) is 0 Å². The van der Waals surface area contributed by atoms with Gasteiger partial charge in [-0.05, 0) is 41.1 Å². The van der Waals surface area contributed by atoms with Gasteiger partial charge in [-0.1, -0.05) is 6.07 Å². The Bertz CT molecular complexity index is 273. The molecule has 0 aromatic heterocycles. The van der Waals surface area contributed by atoms with Gasteiger partial charge in [0.15, 0.2) is 0 Å². The summed E-state index contributed by atoms with van der Waals surface area (Å²) in [5.41, 5.74) is 6.99. The zero-order chi connectivity index (χ0) is 8.43. The largest absolute Gasteiger partial charge is 0.326 e. The topological polar surface area (TPSA) is 26.0 Å². The van der Waals surface area contributed by atoms with Crippen LogP contribution in [0.2, 0.25) is 0 Å². The molecule has 0 aliphatic rings. The van der Waals surface area contributed by atoms with Gasteiger partial charge in [0.1, 0.15) is 5.82 Å². The maximum absolute atomic E-state index is 13.1. The molecule has 0 saturated heterocycles. The van der Waals surface area contributed by atoms with E-state index in [9.17, 15) is 4.39 Å². The molecule has 0 atom stereocenters. The second-order valence-electron chi connectivity index (χ2n) is 2.42. The van der Waals surface area contributed by atoms with Crippen LogP contribution >= 0.6 is 22.6 Å². The highest BCUT2D eigenvalue weighted by atomic mass is 127. The van der Waals surface area contributed by atoms with Gasteiger partial charge in [0.25, 0.3) is 0 Å². The van der Waals surface area contributed by atoms with E-state index in [1.807, 2.05) is 29.5 Å². The number of aryl methyl sites for hydroxylation is 1. The fourth-order valence-electron chi connectivity index (χ4n) is 0.945. The predicted octanol–water partition coefficient (Wildman–Crippen LogP) is 2.20. The molecule has 3 heteroatoms. The molecule has 0 saturated carbocycles. The smallest absolute Gasteiger partial charge is 0.141 e. The quantitative estimate of drug-likeness (QED) is 0.774. The Hall–Kier alpha value is -0.160. The highest BCUT2D eigenvalue weighted by Crippen LogP contribution is 2.16. The summed E-state index contributed by atoms with van der Waals surface area (Å²) in [4.78, 5) is 0. The number of halogens is 2. The van der Waals surface area contributed by atoms with E-state index in [4.69, 9.17) is 5.73 Å². The summed E-state index contributed by atoms with van der Waals surface area (Å²) in [6.07, 6.45) is 0. The normalized spacial score (nSPS) is 10.2. The average Bonchev–Trinajstić information content (AvgIpc) is 1.96. The lowest BCUT2D eigenvalue weighted by atomic mass is 10.1. The van der Waals surface area contributed by atoms with Crippen LogP contribution in [0.15, 0.2) is 12.1 Å². The Kier molecular flexibility index (Phi) is 2.84. The standard InChI is InChI=1S/C8H9FIN/c1-5-2-6(4-11)8(9)7(10)3-5/h2-3H,4,11H2,1H3. The lowest BCUT2D eigenvalue weighted by Crippen LogP contribution is -2.01. The summed E-state index contributed by atoms with van der Waals surface area (Å²) in [6.45, 7) is 2.20. The Morgan fingerprint density at radius 1 is 1.55 bits per heavy atom. The van der Waals surface area contributed by atoms with E-state index in [-0.39, 0.29) is 12.4 Å². The van der Waals surface area contributed by atoms with Gasteiger partial charge >= 0.3 is 0 Å². The van der Waals surface area contributed by atoms with Crippen molar-refractivity contribution in [2.75, 3.05) is 0 Å². The van der Waals surface area contributed by atoms with E-state index in [1.54, 1.807) is 12.1 Å². The van der Waals surface area contributed by atoms with Crippen molar-refractivity contribution in [1.82, 2.24) is 0 Å². The molecule has 0 unspecified atom stereocenters.